The van der Waals surface area contributed by atoms with E-state index in [1.165, 1.54) is 11.8 Å². The first-order valence-corrected chi connectivity index (χ1v) is 7.42. The highest BCUT2D eigenvalue weighted by Gasteiger charge is 2.09. The van der Waals surface area contributed by atoms with E-state index in [0.717, 1.165) is 35.7 Å². The Balaban J connectivity index is 2.06. The molecule has 4 heteroatoms. The third kappa shape index (κ3) is 2.75. The van der Waals surface area contributed by atoms with Crippen molar-refractivity contribution in [2.24, 2.45) is 0 Å². The minimum Gasteiger partial charge on any atom is -0.355 e. The van der Waals surface area contributed by atoms with Gasteiger partial charge in [-0.2, -0.15) is 0 Å². The Kier molecular flexibility index (Phi) is 3.86. The summed E-state index contributed by atoms with van der Waals surface area (Å²) in [7, 11) is 0. The number of benzene rings is 1. The van der Waals surface area contributed by atoms with Crippen LogP contribution in [-0.2, 0) is 0 Å². The molecule has 2 aromatic heterocycles. The van der Waals surface area contributed by atoms with Gasteiger partial charge < -0.3 is 5.32 Å². The molecule has 1 aromatic carbocycles. The van der Waals surface area contributed by atoms with Gasteiger partial charge in [0.15, 0.2) is 0 Å². The van der Waals surface area contributed by atoms with Gasteiger partial charge in [-0.25, -0.2) is 4.98 Å². The molecule has 2 heterocycles. The van der Waals surface area contributed by atoms with Crippen LogP contribution < -0.4 is 5.32 Å². The van der Waals surface area contributed by atoms with E-state index in [4.69, 9.17) is 0 Å². The topological polar surface area (TPSA) is 42.7 Å². The largest absolute Gasteiger partial charge is 0.355 e. The number of nitrogens with one attached hydrogen (secondary N) is 1. The van der Waals surface area contributed by atoms with Crippen molar-refractivity contribution in [1.29, 1.82) is 0 Å². The van der Waals surface area contributed by atoms with Crippen LogP contribution in [0.2, 0.25) is 0 Å². The van der Waals surface area contributed by atoms with Crippen LogP contribution in [-0.4, -0.2) is 21.1 Å². The minimum absolute atomic E-state index is 0.908. The second-order valence-corrected chi connectivity index (χ2v) is 5.23. The molecule has 0 aliphatic rings. The second kappa shape index (κ2) is 5.95. The van der Waals surface area contributed by atoms with E-state index in [2.05, 4.69) is 57.2 Å². The molecule has 4 nitrogen and oxygen atoms in total. The summed E-state index contributed by atoms with van der Waals surface area (Å²) in [6.07, 6.45) is 8.12. The van der Waals surface area contributed by atoms with E-state index >= 15 is 0 Å². The Labute approximate surface area is 124 Å². The monoisotopic (exact) mass is 280 g/mol. The van der Waals surface area contributed by atoms with Crippen molar-refractivity contribution in [3.05, 3.63) is 48.5 Å². The van der Waals surface area contributed by atoms with Gasteiger partial charge in [0, 0.05) is 35.9 Å². The Bertz CT molecular complexity index is 740. The fourth-order valence-corrected chi connectivity index (χ4v) is 2.50. The zero-order valence-corrected chi connectivity index (χ0v) is 12.5. The number of hydrogen-bond acceptors (Lipinski definition) is 3. The van der Waals surface area contributed by atoms with Crippen LogP contribution in [0.25, 0.3) is 16.5 Å². The van der Waals surface area contributed by atoms with Crippen LogP contribution >= 0.6 is 0 Å². The molecule has 0 saturated heterocycles. The van der Waals surface area contributed by atoms with Gasteiger partial charge in [0.25, 0.3) is 0 Å². The fraction of sp³-hybridized carbons (Fsp3) is 0.294. The van der Waals surface area contributed by atoms with Crippen molar-refractivity contribution in [3.8, 4) is 5.69 Å². The molecule has 0 saturated carbocycles. The van der Waals surface area contributed by atoms with Crippen LogP contribution in [0.4, 0.5) is 5.95 Å². The van der Waals surface area contributed by atoms with Gasteiger partial charge in [-0.1, -0.05) is 25.5 Å². The number of rotatable bonds is 5. The molecule has 0 amide bonds. The highest BCUT2D eigenvalue weighted by molar-refractivity contribution is 5.89. The van der Waals surface area contributed by atoms with Crippen molar-refractivity contribution in [2.75, 3.05) is 11.9 Å². The van der Waals surface area contributed by atoms with Gasteiger partial charge in [-0.15, -0.1) is 0 Å². The summed E-state index contributed by atoms with van der Waals surface area (Å²) in [5.74, 6) is 0.908. The number of anilines is 1. The van der Waals surface area contributed by atoms with Gasteiger partial charge in [-0.05, 0) is 25.5 Å². The lowest BCUT2D eigenvalue weighted by Crippen LogP contribution is -2.07. The van der Waals surface area contributed by atoms with E-state index in [-0.39, 0.29) is 0 Å². The van der Waals surface area contributed by atoms with E-state index < -0.39 is 0 Å². The van der Waals surface area contributed by atoms with Crippen molar-refractivity contribution in [1.82, 2.24) is 14.5 Å². The lowest BCUT2D eigenvalue weighted by Gasteiger charge is -2.11. The van der Waals surface area contributed by atoms with Crippen molar-refractivity contribution < 1.29 is 0 Å². The molecule has 0 aliphatic carbocycles. The average molecular weight is 280 g/mol. The molecule has 108 valence electrons. The maximum atomic E-state index is 4.60. The van der Waals surface area contributed by atoms with Gasteiger partial charge in [0.05, 0.1) is 11.4 Å². The molecule has 1 N–H and O–H groups in total. The van der Waals surface area contributed by atoms with Crippen molar-refractivity contribution in [3.63, 3.8) is 0 Å². The van der Waals surface area contributed by atoms with Crippen molar-refractivity contribution in [2.45, 2.75) is 26.7 Å². The normalized spacial score (nSPS) is 11.0. The van der Waals surface area contributed by atoms with Crippen LogP contribution in [0, 0.1) is 6.92 Å². The first kappa shape index (κ1) is 13.6. The highest BCUT2D eigenvalue weighted by Crippen LogP contribution is 2.24. The maximum absolute atomic E-state index is 4.60. The van der Waals surface area contributed by atoms with Gasteiger partial charge in [-0.3, -0.25) is 9.55 Å². The predicted octanol–water partition coefficient (Wildman–Crippen LogP) is 3.94. The predicted molar refractivity (Wildman–Crippen MR) is 87.0 cm³/mol. The molecule has 0 spiro atoms. The third-order valence-corrected chi connectivity index (χ3v) is 3.56. The SMILES string of the molecule is CCCCNc1nc(C)cn1-c1cccc2cnccc12. The van der Waals surface area contributed by atoms with E-state index in [0.29, 0.717) is 0 Å². The standard InChI is InChI=1S/C17H20N4/c1-3-4-9-19-17-20-13(2)12-21(17)16-7-5-6-14-11-18-10-8-15(14)16/h5-8,10-12H,3-4,9H2,1-2H3,(H,19,20). The summed E-state index contributed by atoms with van der Waals surface area (Å²) in [4.78, 5) is 8.80. The maximum Gasteiger partial charge on any atom is 0.207 e. The molecule has 0 radical (unpaired) electrons. The molecule has 3 rings (SSSR count). The Hall–Kier alpha value is -2.36. The summed E-state index contributed by atoms with van der Waals surface area (Å²) >= 11 is 0. The molecule has 21 heavy (non-hydrogen) atoms. The summed E-state index contributed by atoms with van der Waals surface area (Å²) in [6, 6.07) is 8.31. The third-order valence-electron chi connectivity index (χ3n) is 3.56. The fourth-order valence-electron chi connectivity index (χ4n) is 2.50. The first-order chi connectivity index (χ1) is 10.3. The lowest BCUT2D eigenvalue weighted by atomic mass is 10.1. The van der Waals surface area contributed by atoms with E-state index in [1.807, 2.05) is 19.3 Å². The molecular formula is C17H20N4. The molecule has 3 aromatic rings. The molecule has 0 atom stereocenters. The number of aryl methyl sites for hydroxylation is 1. The molecule has 0 fully saturated rings. The molecule has 0 bridgehead atoms. The van der Waals surface area contributed by atoms with Crippen LogP contribution in [0.15, 0.2) is 42.9 Å². The minimum atomic E-state index is 0.908. The zero-order valence-electron chi connectivity index (χ0n) is 12.5. The molecular weight excluding hydrogens is 260 g/mol. The first-order valence-electron chi connectivity index (χ1n) is 7.42. The Morgan fingerprint density at radius 3 is 3.00 bits per heavy atom. The van der Waals surface area contributed by atoms with E-state index in [9.17, 15) is 0 Å². The number of fused-ring (bicyclic) bond motifs is 1. The second-order valence-electron chi connectivity index (χ2n) is 5.23. The van der Waals surface area contributed by atoms with Crippen molar-refractivity contribution >= 4 is 16.7 Å². The zero-order chi connectivity index (χ0) is 14.7. The van der Waals surface area contributed by atoms with Gasteiger partial charge in [0.2, 0.25) is 5.95 Å². The number of aromatic nitrogens is 3. The quantitative estimate of drug-likeness (QED) is 0.720. The summed E-state index contributed by atoms with van der Waals surface area (Å²) in [5.41, 5.74) is 2.15. The van der Waals surface area contributed by atoms with Crippen LogP contribution in [0.3, 0.4) is 0 Å². The molecule has 0 aliphatic heterocycles. The summed E-state index contributed by atoms with van der Waals surface area (Å²) < 4.78 is 2.13. The van der Waals surface area contributed by atoms with Gasteiger partial charge >= 0.3 is 0 Å². The number of nitrogens with zero attached hydrogens (tertiary/aromatic N) is 3. The van der Waals surface area contributed by atoms with Crippen LogP contribution in [0.5, 0.6) is 0 Å². The molecule has 0 unspecified atom stereocenters. The Morgan fingerprint density at radius 2 is 2.14 bits per heavy atom. The summed E-state index contributed by atoms with van der Waals surface area (Å²) in [5, 5.41) is 5.76. The average Bonchev–Trinajstić information content (AvgIpc) is 2.88. The highest BCUT2D eigenvalue weighted by atomic mass is 15.2. The number of pyridine rings is 1. The number of imidazole rings is 1. The lowest BCUT2D eigenvalue weighted by molar-refractivity contribution is 0.823. The Morgan fingerprint density at radius 1 is 1.24 bits per heavy atom. The summed E-state index contributed by atoms with van der Waals surface area (Å²) in [6.45, 7) is 5.16. The van der Waals surface area contributed by atoms with Gasteiger partial charge in [0.1, 0.15) is 0 Å². The van der Waals surface area contributed by atoms with E-state index in [1.54, 1.807) is 0 Å². The number of hydrogen-bond donors (Lipinski definition) is 1. The van der Waals surface area contributed by atoms with Crippen LogP contribution in [0.1, 0.15) is 25.5 Å². The number of unbranched alkanes of at least 4 members (excludes halogenated alkanes) is 1. The smallest absolute Gasteiger partial charge is 0.207 e.